The molecule has 0 aromatic rings. The zero-order valence-electron chi connectivity index (χ0n) is 38.7. The minimum atomic E-state index is -1.53. The number of aliphatic hydroxyl groups is 6. The van der Waals surface area contributed by atoms with E-state index in [-0.39, 0.29) is 6.42 Å². The molecule has 1 aliphatic heterocycles. The fraction of sp³-hybridized carbons (Fsp3) is 0.958. The van der Waals surface area contributed by atoms with Gasteiger partial charge in [0.05, 0.1) is 25.4 Å². The smallest absolute Gasteiger partial charge is 0.249 e. The van der Waals surface area contributed by atoms with Crippen LogP contribution in [-0.2, 0) is 19.1 Å². The molecule has 1 heterocycles. The minimum Gasteiger partial charge on any atom is -0.394 e. The van der Waals surface area contributed by atoms with Crippen LogP contribution >= 0.6 is 0 Å². The number of hydrogen-bond acceptors (Lipinski definition) is 10. The molecule has 60 heavy (non-hydrogen) atoms. The van der Waals surface area contributed by atoms with E-state index in [4.69, 9.17) is 9.47 Å². The highest BCUT2D eigenvalue weighted by molar-refractivity contribution is 5.80. The summed E-state index contributed by atoms with van der Waals surface area (Å²) < 4.78 is 11.6. The van der Waals surface area contributed by atoms with Gasteiger partial charge in [0.25, 0.3) is 0 Å². The highest BCUT2D eigenvalue weighted by Crippen LogP contribution is 2.24. The zero-order chi connectivity index (χ0) is 44.4. The van der Waals surface area contributed by atoms with Crippen LogP contribution in [0.4, 0.5) is 0 Å². The van der Waals surface area contributed by atoms with Crippen molar-refractivity contribution >= 4 is 11.8 Å². The predicted molar refractivity (Wildman–Crippen MR) is 240 cm³/mol. The average Bonchev–Trinajstić information content (AvgIpc) is 3.22. The molecule has 1 saturated heterocycles. The number of aliphatic hydroxyl groups excluding tert-OH is 6. The van der Waals surface area contributed by atoms with Gasteiger partial charge in [-0.2, -0.15) is 0 Å². The van der Waals surface area contributed by atoms with Crippen LogP contribution in [0.3, 0.4) is 0 Å². The molecular formula is C48H94N2O10. The first kappa shape index (κ1) is 56.6. The number of unbranched alkanes of at least 4 members (excludes halogenated alkanes) is 25. The van der Waals surface area contributed by atoms with Gasteiger partial charge >= 0.3 is 0 Å². The standard InChI is InChI=1S/C48H94N2O10/c1-5-6-7-8-9-10-11-12-13-14-15-16-17-18-19-20-25-28-31-34-41(54)47(58)50-39(36-59-48-43(49-38(4)52)46(57)45(56)42(35-51)60-48)44(55)40(53)33-30-27-24-22-21-23-26-29-32-37(2)3/h37,39-46,48,51,53-57H,5-36H2,1-4H3,(H,49,52)(H,50,58). The van der Waals surface area contributed by atoms with Crippen molar-refractivity contribution in [1.29, 1.82) is 0 Å². The lowest BCUT2D eigenvalue weighted by atomic mass is 9.96. The van der Waals surface area contributed by atoms with Gasteiger partial charge in [-0.15, -0.1) is 0 Å². The summed E-state index contributed by atoms with van der Waals surface area (Å²) in [7, 11) is 0. The molecule has 1 rings (SSSR count). The third kappa shape index (κ3) is 27.6. The molecule has 1 fully saturated rings. The van der Waals surface area contributed by atoms with Gasteiger partial charge in [-0.1, -0.05) is 201 Å². The Morgan fingerprint density at radius 2 is 1.03 bits per heavy atom. The first-order chi connectivity index (χ1) is 28.9. The van der Waals surface area contributed by atoms with Gasteiger partial charge in [-0.25, -0.2) is 0 Å². The fourth-order valence-electron chi connectivity index (χ4n) is 8.27. The Labute approximate surface area is 365 Å². The Bertz CT molecular complexity index is 1020. The Kier molecular flexibility index (Phi) is 35.0. The fourth-order valence-corrected chi connectivity index (χ4v) is 8.27. The van der Waals surface area contributed by atoms with E-state index in [0.29, 0.717) is 19.3 Å². The van der Waals surface area contributed by atoms with E-state index < -0.39 is 80.0 Å². The monoisotopic (exact) mass is 859 g/mol. The lowest BCUT2D eigenvalue weighted by Crippen LogP contribution is -2.65. The summed E-state index contributed by atoms with van der Waals surface area (Å²) in [6.45, 7) is 6.96. The molecule has 2 amide bonds. The number of ether oxygens (including phenoxy) is 2. The van der Waals surface area contributed by atoms with Gasteiger partial charge in [-0.05, 0) is 18.8 Å². The summed E-state index contributed by atoms with van der Waals surface area (Å²) in [5, 5.41) is 69.0. The van der Waals surface area contributed by atoms with Crippen LogP contribution in [0.1, 0.15) is 220 Å². The molecule has 356 valence electrons. The number of hydrogen-bond donors (Lipinski definition) is 8. The Hall–Kier alpha value is -1.38. The quantitative estimate of drug-likeness (QED) is 0.0281. The van der Waals surface area contributed by atoms with E-state index in [2.05, 4.69) is 31.4 Å². The van der Waals surface area contributed by atoms with Gasteiger partial charge < -0.3 is 50.7 Å². The summed E-state index contributed by atoms with van der Waals surface area (Å²) in [6, 6.07) is -2.38. The molecule has 0 radical (unpaired) electrons. The number of rotatable bonds is 40. The van der Waals surface area contributed by atoms with Crippen molar-refractivity contribution in [1.82, 2.24) is 10.6 Å². The van der Waals surface area contributed by atoms with Crippen molar-refractivity contribution in [2.75, 3.05) is 13.2 Å². The number of nitrogens with one attached hydrogen (secondary N) is 2. The molecule has 8 N–H and O–H groups in total. The average molecular weight is 859 g/mol. The van der Waals surface area contributed by atoms with Crippen molar-refractivity contribution in [2.45, 2.75) is 275 Å². The van der Waals surface area contributed by atoms with Crippen molar-refractivity contribution in [2.24, 2.45) is 5.92 Å². The van der Waals surface area contributed by atoms with Crippen LogP contribution < -0.4 is 10.6 Å². The topological polar surface area (TPSA) is 198 Å². The molecule has 9 atom stereocenters. The van der Waals surface area contributed by atoms with Crippen LogP contribution in [0.2, 0.25) is 0 Å². The first-order valence-electron chi connectivity index (χ1n) is 24.8. The third-order valence-corrected chi connectivity index (χ3v) is 12.2. The Balaban J connectivity index is 2.52. The van der Waals surface area contributed by atoms with E-state index in [0.717, 1.165) is 44.4 Å². The number of carbonyl (C=O) groups is 2. The molecule has 0 aromatic carbocycles. The van der Waals surface area contributed by atoms with Gasteiger partial charge in [0.2, 0.25) is 11.8 Å². The second kappa shape index (κ2) is 37.0. The summed E-state index contributed by atoms with van der Waals surface area (Å²) in [5.41, 5.74) is 0. The van der Waals surface area contributed by atoms with Crippen LogP contribution in [0.15, 0.2) is 0 Å². The summed E-state index contributed by atoms with van der Waals surface area (Å²) >= 11 is 0. The molecule has 0 aromatic heterocycles. The van der Waals surface area contributed by atoms with Crippen molar-refractivity contribution in [3.63, 3.8) is 0 Å². The molecule has 12 heteroatoms. The second-order valence-corrected chi connectivity index (χ2v) is 18.4. The normalized spacial score (nSPS) is 21.5. The van der Waals surface area contributed by atoms with Gasteiger partial charge in [-0.3, -0.25) is 9.59 Å². The van der Waals surface area contributed by atoms with Crippen LogP contribution in [0.5, 0.6) is 0 Å². The maximum atomic E-state index is 13.2. The van der Waals surface area contributed by atoms with E-state index >= 15 is 0 Å². The third-order valence-electron chi connectivity index (χ3n) is 12.2. The molecule has 0 saturated carbocycles. The summed E-state index contributed by atoms with van der Waals surface area (Å²) in [5.74, 6) is -0.473. The van der Waals surface area contributed by atoms with Crippen LogP contribution in [-0.4, -0.2) is 111 Å². The van der Waals surface area contributed by atoms with Gasteiger partial charge in [0, 0.05) is 6.92 Å². The lowest BCUT2D eigenvalue weighted by Gasteiger charge is -2.42. The Morgan fingerprint density at radius 3 is 1.45 bits per heavy atom. The van der Waals surface area contributed by atoms with E-state index in [9.17, 15) is 40.2 Å². The molecule has 0 bridgehead atoms. The van der Waals surface area contributed by atoms with Crippen LogP contribution in [0.25, 0.3) is 0 Å². The van der Waals surface area contributed by atoms with E-state index in [1.807, 2.05) is 0 Å². The molecule has 0 spiro atoms. The predicted octanol–water partition coefficient (Wildman–Crippen LogP) is 7.89. The molecule has 1 aliphatic rings. The highest BCUT2D eigenvalue weighted by atomic mass is 16.7. The SMILES string of the molecule is CCCCCCCCCCCCCCCCCCCCCC(O)C(=O)NC(COC1OC(CO)C(O)C(O)C1NC(C)=O)C(O)C(O)CCCCCCCCCCC(C)C. The number of carbonyl (C=O) groups excluding carboxylic acids is 2. The molecule has 12 nitrogen and oxygen atoms in total. The molecule has 9 unspecified atom stereocenters. The van der Waals surface area contributed by atoms with Crippen LogP contribution in [0, 0.1) is 5.92 Å². The van der Waals surface area contributed by atoms with Crippen molar-refractivity contribution in [3.8, 4) is 0 Å². The highest BCUT2D eigenvalue weighted by Gasteiger charge is 2.46. The largest absolute Gasteiger partial charge is 0.394 e. The van der Waals surface area contributed by atoms with E-state index in [1.165, 1.54) is 135 Å². The second-order valence-electron chi connectivity index (χ2n) is 18.4. The summed E-state index contributed by atoms with van der Waals surface area (Å²) in [6.07, 6.45) is 24.9. The number of amides is 2. The molecule has 0 aliphatic carbocycles. The van der Waals surface area contributed by atoms with E-state index in [1.54, 1.807) is 0 Å². The summed E-state index contributed by atoms with van der Waals surface area (Å²) in [4.78, 5) is 25.1. The first-order valence-corrected chi connectivity index (χ1v) is 24.8. The molecular weight excluding hydrogens is 765 g/mol. The van der Waals surface area contributed by atoms with Gasteiger partial charge in [0.15, 0.2) is 6.29 Å². The van der Waals surface area contributed by atoms with Crippen molar-refractivity contribution < 1.29 is 49.7 Å². The lowest BCUT2D eigenvalue weighted by molar-refractivity contribution is -0.272. The zero-order valence-corrected chi connectivity index (χ0v) is 38.7. The maximum Gasteiger partial charge on any atom is 0.249 e. The van der Waals surface area contributed by atoms with Crippen molar-refractivity contribution in [3.05, 3.63) is 0 Å². The Morgan fingerprint density at radius 1 is 0.617 bits per heavy atom. The van der Waals surface area contributed by atoms with Gasteiger partial charge in [0.1, 0.15) is 36.6 Å². The maximum absolute atomic E-state index is 13.2. The minimum absolute atomic E-state index is 0.257.